The van der Waals surface area contributed by atoms with E-state index in [1.807, 2.05) is 0 Å². The first kappa shape index (κ1) is 12.1. The zero-order chi connectivity index (χ0) is 11.6. The third-order valence-corrected chi connectivity index (χ3v) is 4.00. The molecule has 0 amide bonds. The fourth-order valence-corrected chi connectivity index (χ4v) is 2.88. The molecule has 0 aliphatic carbocycles. The van der Waals surface area contributed by atoms with Crippen molar-refractivity contribution in [3.8, 4) is 0 Å². The standard InChI is InChI=1S/C13H17BrO2/c1-10-3-4-12(14)11(9-10)13(15-2)5-7-16-8-6-13/h3-4,9H,5-8H2,1-2H3. The molecule has 0 unspecified atom stereocenters. The summed E-state index contributed by atoms with van der Waals surface area (Å²) in [6.45, 7) is 3.65. The Morgan fingerprint density at radius 3 is 2.62 bits per heavy atom. The largest absolute Gasteiger partial charge is 0.381 e. The lowest BCUT2D eigenvalue weighted by Crippen LogP contribution is -2.36. The van der Waals surface area contributed by atoms with Crippen molar-refractivity contribution in [2.75, 3.05) is 20.3 Å². The third-order valence-electron chi connectivity index (χ3n) is 3.30. The number of hydrogen-bond acceptors (Lipinski definition) is 2. The Kier molecular flexibility index (Phi) is 3.67. The van der Waals surface area contributed by atoms with Gasteiger partial charge in [0.25, 0.3) is 0 Å². The van der Waals surface area contributed by atoms with Crippen molar-refractivity contribution >= 4 is 15.9 Å². The molecule has 0 atom stereocenters. The first-order valence-corrected chi connectivity index (χ1v) is 6.37. The molecule has 2 nitrogen and oxygen atoms in total. The minimum Gasteiger partial charge on any atom is -0.381 e. The van der Waals surface area contributed by atoms with Gasteiger partial charge in [0, 0.05) is 37.6 Å². The molecule has 0 bridgehead atoms. The summed E-state index contributed by atoms with van der Waals surface area (Å²) in [7, 11) is 1.79. The van der Waals surface area contributed by atoms with Crippen LogP contribution in [0.15, 0.2) is 22.7 Å². The maximum absolute atomic E-state index is 5.79. The second-order valence-electron chi connectivity index (χ2n) is 4.29. The van der Waals surface area contributed by atoms with Crippen molar-refractivity contribution in [1.82, 2.24) is 0 Å². The summed E-state index contributed by atoms with van der Waals surface area (Å²) >= 11 is 3.62. The number of ether oxygens (including phenoxy) is 2. The van der Waals surface area contributed by atoms with Crippen LogP contribution in [0.1, 0.15) is 24.0 Å². The molecule has 2 rings (SSSR count). The van der Waals surface area contributed by atoms with Crippen LogP contribution in [0.5, 0.6) is 0 Å². The monoisotopic (exact) mass is 284 g/mol. The van der Waals surface area contributed by atoms with Gasteiger partial charge in [-0.2, -0.15) is 0 Å². The predicted molar refractivity (Wildman–Crippen MR) is 67.6 cm³/mol. The Balaban J connectivity index is 2.42. The van der Waals surface area contributed by atoms with Crippen molar-refractivity contribution in [2.45, 2.75) is 25.4 Å². The van der Waals surface area contributed by atoms with Crippen LogP contribution in [0.25, 0.3) is 0 Å². The highest BCUT2D eigenvalue weighted by Crippen LogP contribution is 2.39. The van der Waals surface area contributed by atoms with E-state index in [-0.39, 0.29) is 5.60 Å². The topological polar surface area (TPSA) is 18.5 Å². The van der Waals surface area contributed by atoms with Gasteiger partial charge in [-0.25, -0.2) is 0 Å². The number of methoxy groups -OCH3 is 1. The van der Waals surface area contributed by atoms with Crippen molar-refractivity contribution in [2.24, 2.45) is 0 Å². The SMILES string of the molecule is COC1(c2cc(C)ccc2Br)CCOCC1. The van der Waals surface area contributed by atoms with E-state index in [0.29, 0.717) is 0 Å². The normalized spacial score (nSPS) is 19.7. The van der Waals surface area contributed by atoms with Gasteiger partial charge < -0.3 is 9.47 Å². The van der Waals surface area contributed by atoms with E-state index in [9.17, 15) is 0 Å². The average molecular weight is 285 g/mol. The highest BCUT2D eigenvalue weighted by atomic mass is 79.9. The zero-order valence-electron chi connectivity index (χ0n) is 9.75. The Hall–Kier alpha value is -0.380. The van der Waals surface area contributed by atoms with Gasteiger partial charge in [0.15, 0.2) is 0 Å². The first-order chi connectivity index (χ1) is 7.68. The molecule has 88 valence electrons. The maximum atomic E-state index is 5.79. The molecule has 1 aliphatic rings. The maximum Gasteiger partial charge on any atom is 0.0982 e. The molecule has 0 saturated carbocycles. The van der Waals surface area contributed by atoms with E-state index in [1.165, 1.54) is 11.1 Å². The van der Waals surface area contributed by atoms with Gasteiger partial charge in [-0.05, 0) is 18.6 Å². The molecular weight excluding hydrogens is 268 g/mol. The Morgan fingerprint density at radius 1 is 1.31 bits per heavy atom. The average Bonchev–Trinajstić information content (AvgIpc) is 2.33. The zero-order valence-corrected chi connectivity index (χ0v) is 11.3. The van der Waals surface area contributed by atoms with Gasteiger partial charge in [-0.3, -0.25) is 0 Å². The number of halogens is 1. The van der Waals surface area contributed by atoms with Crippen LogP contribution in [0, 0.1) is 6.92 Å². The minimum absolute atomic E-state index is 0.177. The van der Waals surface area contributed by atoms with Gasteiger partial charge >= 0.3 is 0 Å². The van der Waals surface area contributed by atoms with Gasteiger partial charge in [0.2, 0.25) is 0 Å². The molecule has 0 aromatic heterocycles. The number of benzene rings is 1. The molecule has 1 aromatic rings. The summed E-state index contributed by atoms with van der Waals surface area (Å²) in [5, 5.41) is 0. The van der Waals surface area contributed by atoms with Gasteiger partial charge in [0.1, 0.15) is 0 Å². The van der Waals surface area contributed by atoms with Crippen LogP contribution in [0.3, 0.4) is 0 Å². The quantitative estimate of drug-likeness (QED) is 0.829. The van der Waals surface area contributed by atoms with Gasteiger partial charge in [-0.1, -0.05) is 33.6 Å². The summed E-state index contributed by atoms with van der Waals surface area (Å²) in [5.74, 6) is 0. The van der Waals surface area contributed by atoms with Crippen LogP contribution < -0.4 is 0 Å². The van der Waals surface area contributed by atoms with E-state index in [4.69, 9.17) is 9.47 Å². The van der Waals surface area contributed by atoms with Gasteiger partial charge in [-0.15, -0.1) is 0 Å². The Bertz CT molecular complexity index is 370. The molecule has 1 aliphatic heterocycles. The summed E-state index contributed by atoms with van der Waals surface area (Å²) in [6, 6.07) is 6.41. The van der Waals surface area contributed by atoms with Crippen LogP contribution in [-0.2, 0) is 15.1 Å². The van der Waals surface area contributed by atoms with E-state index in [0.717, 1.165) is 30.5 Å². The van der Waals surface area contributed by atoms with Crippen molar-refractivity contribution in [3.63, 3.8) is 0 Å². The lowest BCUT2D eigenvalue weighted by molar-refractivity contribution is -0.0952. The molecular formula is C13H17BrO2. The lowest BCUT2D eigenvalue weighted by Gasteiger charge is -2.37. The van der Waals surface area contributed by atoms with Crippen molar-refractivity contribution in [1.29, 1.82) is 0 Å². The molecule has 1 aromatic carbocycles. The van der Waals surface area contributed by atoms with E-state index in [1.54, 1.807) is 7.11 Å². The van der Waals surface area contributed by atoms with Crippen molar-refractivity contribution < 1.29 is 9.47 Å². The highest BCUT2D eigenvalue weighted by molar-refractivity contribution is 9.10. The third kappa shape index (κ3) is 2.17. The molecule has 0 N–H and O–H groups in total. The minimum atomic E-state index is -0.177. The smallest absolute Gasteiger partial charge is 0.0982 e. The summed E-state index contributed by atoms with van der Waals surface area (Å²) in [5.41, 5.74) is 2.34. The van der Waals surface area contributed by atoms with Crippen LogP contribution in [0.2, 0.25) is 0 Å². The fraction of sp³-hybridized carbons (Fsp3) is 0.538. The summed E-state index contributed by atoms with van der Waals surface area (Å²) in [4.78, 5) is 0. The van der Waals surface area contributed by atoms with Crippen LogP contribution >= 0.6 is 15.9 Å². The second kappa shape index (κ2) is 4.86. The van der Waals surface area contributed by atoms with Crippen LogP contribution in [0.4, 0.5) is 0 Å². The summed E-state index contributed by atoms with van der Waals surface area (Å²) < 4.78 is 12.3. The van der Waals surface area contributed by atoms with Crippen molar-refractivity contribution in [3.05, 3.63) is 33.8 Å². The Morgan fingerprint density at radius 2 is 2.00 bits per heavy atom. The van der Waals surface area contributed by atoms with Gasteiger partial charge in [0.05, 0.1) is 5.60 Å². The van der Waals surface area contributed by atoms with E-state index in [2.05, 4.69) is 41.1 Å². The van der Waals surface area contributed by atoms with E-state index < -0.39 is 0 Å². The Labute approximate surface area is 105 Å². The summed E-state index contributed by atoms with van der Waals surface area (Å²) in [6.07, 6.45) is 1.84. The lowest BCUT2D eigenvalue weighted by atomic mass is 9.85. The number of rotatable bonds is 2. The molecule has 1 fully saturated rings. The molecule has 1 saturated heterocycles. The highest BCUT2D eigenvalue weighted by Gasteiger charge is 2.35. The van der Waals surface area contributed by atoms with E-state index >= 15 is 0 Å². The van der Waals surface area contributed by atoms with Crippen LogP contribution in [-0.4, -0.2) is 20.3 Å². The molecule has 3 heteroatoms. The number of hydrogen-bond donors (Lipinski definition) is 0. The molecule has 16 heavy (non-hydrogen) atoms. The second-order valence-corrected chi connectivity index (χ2v) is 5.15. The number of aryl methyl sites for hydroxylation is 1. The predicted octanol–water partition coefficient (Wildman–Crippen LogP) is 3.41. The molecule has 0 radical (unpaired) electrons. The molecule has 1 heterocycles. The molecule has 0 spiro atoms. The first-order valence-electron chi connectivity index (χ1n) is 5.57. The fourth-order valence-electron chi connectivity index (χ4n) is 2.27.